The first-order valence-corrected chi connectivity index (χ1v) is 6.67. The van der Waals surface area contributed by atoms with E-state index in [-0.39, 0.29) is 12.4 Å². The van der Waals surface area contributed by atoms with Crippen LogP contribution in [-0.2, 0) is 19.6 Å². The smallest absolute Gasteiger partial charge is 0.0534 e. The maximum atomic E-state index is 4.26. The van der Waals surface area contributed by atoms with Crippen molar-refractivity contribution >= 4 is 18.1 Å². The third-order valence-corrected chi connectivity index (χ3v) is 3.12. The van der Waals surface area contributed by atoms with Crippen molar-refractivity contribution in [3.05, 3.63) is 47.8 Å². The number of nitrogens with one attached hydrogen (secondary N) is 1. The van der Waals surface area contributed by atoms with Crippen molar-refractivity contribution in [2.24, 2.45) is 0 Å². The van der Waals surface area contributed by atoms with Crippen LogP contribution in [0.3, 0.4) is 0 Å². The lowest BCUT2D eigenvalue weighted by Gasteiger charge is -2.12. The Morgan fingerprint density at radius 1 is 1.10 bits per heavy atom. The van der Waals surface area contributed by atoms with E-state index in [0.29, 0.717) is 0 Å². The highest BCUT2D eigenvalue weighted by Gasteiger charge is 1.99. The molecule has 0 spiro atoms. The van der Waals surface area contributed by atoms with Gasteiger partial charge in [-0.05, 0) is 24.6 Å². The topological polar surface area (TPSA) is 33.1 Å². The largest absolute Gasteiger partial charge is 0.378 e. The van der Waals surface area contributed by atoms with Gasteiger partial charge in [0, 0.05) is 51.2 Å². The number of aromatic nitrogens is 2. The molecule has 0 fully saturated rings. The van der Waals surface area contributed by atoms with Crippen molar-refractivity contribution in [1.82, 2.24) is 15.1 Å². The van der Waals surface area contributed by atoms with Crippen molar-refractivity contribution in [1.29, 1.82) is 0 Å². The van der Waals surface area contributed by atoms with E-state index in [1.54, 1.807) is 0 Å². The first-order chi connectivity index (χ1) is 9.19. The Hall–Kier alpha value is -1.52. The van der Waals surface area contributed by atoms with Crippen molar-refractivity contribution in [2.75, 3.05) is 19.0 Å². The quantitative estimate of drug-likeness (QED) is 0.889. The molecule has 1 aromatic heterocycles. The minimum atomic E-state index is 0. The average Bonchev–Trinajstić information content (AvgIpc) is 2.87. The Balaban J connectivity index is 0.00000200. The van der Waals surface area contributed by atoms with Gasteiger partial charge in [0.25, 0.3) is 0 Å². The SMILES string of the molecule is CCn1cc(CNCc2ccc(N(C)C)cc2)cn1.Cl. The number of aryl methyl sites for hydroxylation is 1. The molecule has 1 N–H and O–H groups in total. The van der Waals surface area contributed by atoms with Crippen LogP contribution >= 0.6 is 12.4 Å². The normalized spacial score (nSPS) is 10.2. The van der Waals surface area contributed by atoms with Gasteiger partial charge in [0.15, 0.2) is 0 Å². The fraction of sp³-hybridized carbons (Fsp3) is 0.400. The molecule has 0 aliphatic rings. The predicted octanol–water partition coefficient (Wildman–Crippen LogP) is 2.68. The highest BCUT2D eigenvalue weighted by molar-refractivity contribution is 5.85. The van der Waals surface area contributed by atoms with Gasteiger partial charge in [-0.2, -0.15) is 5.10 Å². The fourth-order valence-corrected chi connectivity index (χ4v) is 1.93. The van der Waals surface area contributed by atoms with Gasteiger partial charge in [-0.3, -0.25) is 4.68 Å². The molecule has 0 radical (unpaired) electrons. The van der Waals surface area contributed by atoms with Crippen LogP contribution in [-0.4, -0.2) is 23.9 Å². The molecular weight excluding hydrogens is 272 g/mol. The Morgan fingerprint density at radius 3 is 2.30 bits per heavy atom. The maximum Gasteiger partial charge on any atom is 0.0534 e. The molecule has 0 saturated heterocycles. The van der Waals surface area contributed by atoms with E-state index in [4.69, 9.17) is 0 Å². The second-order valence-electron chi connectivity index (χ2n) is 4.87. The average molecular weight is 295 g/mol. The summed E-state index contributed by atoms with van der Waals surface area (Å²) in [6.45, 7) is 4.75. The number of rotatable bonds is 6. The van der Waals surface area contributed by atoms with Crippen molar-refractivity contribution in [3.8, 4) is 0 Å². The molecule has 0 unspecified atom stereocenters. The van der Waals surface area contributed by atoms with Crippen LogP contribution in [0.15, 0.2) is 36.7 Å². The van der Waals surface area contributed by atoms with Gasteiger partial charge in [0.1, 0.15) is 0 Å². The summed E-state index contributed by atoms with van der Waals surface area (Å²) in [6.07, 6.45) is 4.01. The van der Waals surface area contributed by atoms with Crippen LogP contribution in [0, 0.1) is 0 Å². The minimum Gasteiger partial charge on any atom is -0.378 e. The lowest BCUT2D eigenvalue weighted by atomic mass is 10.2. The molecule has 2 aromatic rings. The van der Waals surface area contributed by atoms with Crippen molar-refractivity contribution < 1.29 is 0 Å². The summed E-state index contributed by atoms with van der Waals surface area (Å²) >= 11 is 0. The Labute approximate surface area is 127 Å². The number of anilines is 1. The second kappa shape index (κ2) is 7.92. The molecule has 1 heterocycles. The fourth-order valence-electron chi connectivity index (χ4n) is 1.93. The van der Waals surface area contributed by atoms with Gasteiger partial charge < -0.3 is 10.2 Å². The Morgan fingerprint density at radius 2 is 1.75 bits per heavy atom. The summed E-state index contributed by atoms with van der Waals surface area (Å²) in [7, 11) is 4.11. The molecule has 0 amide bonds. The third-order valence-electron chi connectivity index (χ3n) is 3.12. The van der Waals surface area contributed by atoms with Crippen molar-refractivity contribution in [3.63, 3.8) is 0 Å². The predicted molar refractivity (Wildman–Crippen MR) is 86.5 cm³/mol. The van der Waals surface area contributed by atoms with Crippen LogP contribution in [0.4, 0.5) is 5.69 Å². The van der Waals surface area contributed by atoms with Crippen LogP contribution in [0.5, 0.6) is 0 Å². The first kappa shape index (κ1) is 16.5. The lowest BCUT2D eigenvalue weighted by molar-refractivity contribution is 0.655. The summed E-state index contributed by atoms with van der Waals surface area (Å²) in [5.74, 6) is 0. The summed E-state index contributed by atoms with van der Waals surface area (Å²) in [5.41, 5.74) is 3.76. The molecule has 20 heavy (non-hydrogen) atoms. The molecule has 0 bridgehead atoms. The molecule has 4 nitrogen and oxygen atoms in total. The Bertz CT molecular complexity index is 505. The number of nitrogens with zero attached hydrogens (tertiary/aromatic N) is 3. The molecule has 110 valence electrons. The zero-order valence-electron chi connectivity index (χ0n) is 12.3. The lowest BCUT2D eigenvalue weighted by Crippen LogP contribution is -2.13. The van der Waals surface area contributed by atoms with Crippen LogP contribution in [0.2, 0.25) is 0 Å². The number of hydrogen-bond acceptors (Lipinski definition) is 3. The van der Waals surface area contributed by atoms with E-state index >= 15 is 0 Å². The van der Waals surface area contributed by atoms with E-state index in [1.165, 1.54) is 16.8 Å². The first-order valence-electron chi connectivity index (χ1n) is 6.67. The monoisotopic (exact) mass is 294 g/mol. The molecule has 0 aliphatic carbocycles. The summed E-state index contributed by atoms with van der Waals surface area (Å²) in [4.78, 5) is 2.11. The van der Waals surface area contributed by atoms with Gasteiger partial charge in [0.05, 0.1) is 6.20 Å². The van der Waals surface area contributed by atoms with E-state index in [2.05, 4.69) is 66.8 Å². The third kappa shape index (κ3) is 4.54. The van der Waals surface area contributed by atoms with E-state index < -0.39 is 0 Å². The highest BCUT2D eigenvalue weighted by atomic mass is 35.5. The molecule has 1 aromatic carbocycles. The van der Waals surface area contributed by atoms with E-state index in [0.717, 1.165) is 19.6 Å². The number of halogens is 1. The molecular formula is C15H23ClN4. The summed E-state index contributed by atoms with van der Waals surface area (Å²) in [5, 5.41) is 7.70. The van der Waals surface area contributed by atoms with Crippen LogP contribution in [0.25, 0.3) is 0 Å². The molecule has 0 atom stereocenters. The number of hydrogen-bond donors (Lipinski definition) is 1. The summed E-state index contributed by atoms with van der Waals surface area (Å²) in [6, 6.07) is 8.62. The molecule has 2 rings (SSSR count). The van der Waals surface area contributed by atoms with Gasteiger partial charge in [-0.15, -0.1) is 12.4 Å². The second-order valence-corrected chi connectivity index (χ2v) is 4.87. The molecule has 5 heteroatoms. The van der Waals surface area contributed by atoms with Crippen molar-refractivity contribution in [2.45, 2.75) is 26.6 Å². The zero-order valence-corrected chi connectivity index (χ0v) is 13.2. The standard InChI is InChI=1S/C15H22N4.ClH/c1-4-19-12-14(11-17-19)10-16-9-13-5-7-15(8-6-13)18(2)3;/h5-8,11-12,16H,4,9-10H2,1-3H3;1H. The highest BCUT2D eigenvalue weighted by Crippen LogP contribution is 2.12. The Kier molecular flexibility index (Phi) is 6.55. The zero-order chi connectivity index (χ0) is 13.7. The summed E-state index contributed by atoms with van der Waals surface area (Å²) < 4.78 is 1.95. The van der Waals surface area contributed by atoms with E-state index in [1.807, 2.05) is 10.9 Å². The van der Waals surface area contributed by atoms with Crippen LogP contribution < -0.4 is 10.2 Å². The maximum absolute atomic E-state index is 4.26. The number of benzene rings is 1. The van der Waals surface area contributed by atoms with Crippen LogP contribution in [0.1, 0.15) is 18.1 Å². The minimum absolute atomic E-state index is 0. The molecule has 0 aliphatic heterocycles. The van der Waals surface area contributed by atoms with Gasteiger partial charge >= 0.3 is 0 Å². The van der Waals surface area contributed by atoms with Gasteiger partial charge in [-0.1, -0.05) is 12.1 Å². The van der Waals surface area contributed by atoms with Gasteiger partial charge in [-0.25, -0.2) is 0 Å². The van der Waals surface area contributed by atoms with Gasteiger partial charge in [0.2, 0.25) is 0 Å². The van der Waals surface area contributed by atoms with E-state index in [9.17, 15) is 0 Å². The molecule has 0 saturated carbocycles.